The van der Waals surface area contributed by atoms with Crippen LogP contribution in [0.1, 0.15) is 18.5 Å². The molecule has 7 nitrogen and oxygen atoms in total. The van der Waals surface area contributed by atoms with E-state index in [-0.39, 0.29) is 5.60 Å². The maximum atomic E-state index is 6.31. The molecule has 0 saturated carbocycles. The average molecular weight is 312 g/mol. The molecular formula is C16H20N6O. The molecule has 4 aliphatic heterocycles. The van der Waals surface area contributed by atoms with Gasteiger partial charge in [0.15, 0.2) is 5.82 Å². The highest BCUT2D eigenvalue weighted by Crippen LogP contribution is 2.40. The van der Waals surface area contributed by atoms with Crippen molar-refractivity contribution < 1.29 is 4.74 Å². The summed E-state index contributed by atoms with van der Waals surface area (Å²) in [5, 5.41) is 7.53. The second-order valence-electron chi connectivity index (χ2n) is 6.84. The smallest absolute Gasteiger partial charge is 0.291 e. The van der Waals surface area contributed by atoms with Crippen molar-refractivity contribution in [1.82, 2.24) is 19.5 Å². The van der Waals surface area contributed by atoms with Crippen LogP contribution in [0, 0.1) is 12.8 Å². The summed E-state index contributed by atoms with van der Waals surface area (Å²) in [6, 6.07) is 4.64. The lowest BCUT2D eigenvalue weighted by molar-refractivity contribution is -0.0829. The Morgan fingerprint density at radius 1 is 1.30 bits per heavy atom. The van der Waals surface area contributed by atoms with Gasteiger partial charge in [0.05, 0.1) is 6.54 Å². The summed E-state index contributed by atoms with van der Waals surface area (Å²) in [5.74, 6) is 1.36. The van der Waals surface area contributed by atoms with E-state index in [0.29, 0.717) is 11.9 Å². The molecular weight excluding hydrogens is 292 g/mol. The number of nitrogens with zero attached hydrogens (tertiary/aromatic N) is 5. The van der Waals surface area contributed by atoms with Gasteiger partial charge in [-0.15, -0.1) is 0 Å². The van der Waals surface area contributed by atoms with Crippen LogP contribution in [0.4, 0.5) is 5.82 Å². The fraction of sp³-hybridized carbons (Fsp3) is 0.562. The van der Waals surface area contributed by atoms with E-state index in [0.717, 1.165) is 30.1 Å². The van der Waals surface area contributed by atoms with Crippen LogP contribution in [0.3, 0.4) is 0 Å². The minimum atomic E-state index is -0.125. The monoisotopic (exact) mass is 312 g/mol. The summed E-state index contributed by atoms with van der Waals surface area (Å²) < 4.78 is 8.18. The summed E-state index contributed by atoms with van der Waals surface area (Å²) in [7, 11) is 0. The summed E-state index contributed by atoms with van der Waals surface area (Å²) in [6.45, 7) is 6.17. The molecule has 0 aromatic carbocycles. The highest BCUT2D eigenvalue weighted by Gasteiger charge is 2.51. The standard InChI is InChI=1S/C16H20N6O/c1-11-2-3-13-14(18-10-19-22(11)13)20-15-17-8-16(23-15)9-21-6-4-12(16)5-7-21/h2-3,10,12H,4-9H2,1H3,(H,17,18,19,20)/t16-/m0/s1. The predicted molar refractivity (Wildman–Crippen MR) is 86.6 cm³/mol. The van der Waals surface area contributed by atoms with Crippen molar-refractivity contribution in [2.75, 3.05) is 31.5 Å². The van der Waals surface area contributed by atoms with Gasteiger partial charge >= 0.3 is 0 Å². The number of ether oxygens (including phenoxy) is 1. The van der Waals surface area contributed by atoms with Crippen LogP contribution in [0.25, 0.3) is 5.52 Å². The molecule has 6 heterocycles. The third kappa shape index (κ3) is 1.96. The molecule has 6 rings (SSSR count). The van der Waals surface area contributed by atoms with Gasteiger partial charge in [0.1, 0.15) is 17.4 Å². The molecule has 2 aromatic rings. The minimum Gasteiger partial charge on any atom is -0.455 e. The van der Waals surface area contributed by atoms with Crippen LogP contribution in [-0.4, -0.2) is 57.3 Å². The molecule has 0 aliphatic carbocycles. The van der Waals surface area contributed by atoms with E-state index < -0.39 is 0 Å². The van der Waals surface area contributed by atoms with E-state index in [2.05, 4.69) is 25.3 Å². The molecule has 1 N–H and O–H groups in total. The number of hydrogen-bond acceptors (Lipinski definition) is 6. The Labute approximate surface area is 134 Å². The number of aromatic nitrogens is 3. The quantitative estimate of drug-likeness (QED) is 0.860. The van der Waals surface area contributed by atoms with Gasteiger partial charge in [0.25, 0.3) is 6.02 Å². The van der Waals surface area contributed by atoms with Gasteiger partial charge in [0, 0.05) is 18.2 Å². The Morgan fingerprint density at radius 2 is 2.17 bits per heavy atom. The van der Waals surface area contributed by atoms with Gasteiger partial charge in [0.2, 0.25) is 0 Å². The van der Waals surface area contributed by atoms with Crippen molar-refractivity contribution in [3.05, 3.63) is 24.2 Å². The molecule has 7 heteroatoms. The summed E-state index contributed by atoms with van der Waals surface area (Å²) in [4.78, 5) is 11.5. The molecule has 1 spiro atoms. The number of fused-ring (bicyclic) bond motifs is 3. The van der Waals surface area contributed by atoms with Crippen molar-refractivity contribution in [2.45, 2.75) is 25.4 Å². The average Bonchev–Trinajstić information content (AvgIpc) is 3.14. The normalized spacial score (nSPS) is 32.3. The molecule has 23 heavy (non-hydrogen) atoms. The molecule has 3 fully saturated rings. The van der Waals surface area contributed by atoms with Gasteiger partial charge in [-0.2, -0.15) is 5.10 Å². The molecule has 2 bridgehead atoms. The number of rotatable bonds is 1. The molecule has 0 unspecified atom stereocenters. The van der Waals surface area contributed by atoms with Crippen LogP contribution in [0.2, 0.25) is 0 Å². The topological polar surface area (TPSA) is 67.0 Å². The van der Waals surface area contributed by atoms with Gasteiger partial charge in [-0.1, -0.05) is 0 Å². The van der Waals surface area contributed by atoms with Crippen LogP contribution >= 0.6 is 0 Å². The fourth-order valence-corrected chi connectivity index (χ4v) is 4.21. The Kier molecular flexibility index (Phi) is 2.70. The molecule has 2 aromatic heterocycles. The molecule has 0 radical (unpaired) electrons. The summed E-state index contributed by atoms with van der Waals surface area (Å²) in [6.07, 6.45) is 4.00. The third-order valence-electron chi connectivity index (χ3n) is 5.48. The molecule has 0 amide bonds. The lowest BCUT2D eigenvalue weighted by Crippen LogP contribution is -2.61. The number of hydrogen-bond donors (Lipinski definition) is 1. The van der Waals surface area contributed by atoms with E-state index in [9.17, 15) is 0 Å². The Bertz CT molecular complexity index is 791. The summed E-state index contributed by atoms with van der Waals surface area (Å²) >= 11 is 0. The van der Waals surface area contributed by atoms with Crippen molar-refractivity contribution in [3.63, 3.8) is 0 Å². The lowest BCUT2D eigenvalue weighted by Gasteiger charge is -2.50. The number of aliphatic imine (C=N–C) groups is 1. The largest absolute Gasteiger partial charge is 0.455 e. The molecule has 120 valence electrons. The second kappa shape index (κ2) is 4.67. The summed E-state index contributed by atoms with van der Waals surface area (Å²) in [5.41, 5.74) is 1.89. The van der Waals surface area contributed by atoms with Crippen molar-refractivity contribution in [1.29, 1.82) is 0 Å². The lowest BCUT2D eigenvalue weighted by atomic mass is 9.75. The Balaban J connectivity index is 1.39. The zero-order valence-electron chi connectivity index (χ0n) is 13.2. The van der Waals surface area contributed by atoms with E-state index in [4.69, 9.17) is 4.74 Å². The van der Waals surface area contributed by atoms with Crippen LogP contribution in [0.15, 0.2) is 23.5 Å². The van der Waals surface area contributed by atoms with E-state index in [1.807, 2.05) is 23.6 Å². The second-order valence-corrected chi connectivity index (χ2v) is 6.84. The van der Waals surface area contributed by atoms with E-state index >= 15 is 0 Å². The molecule has 4 aliphatic rings. The van der Waals surface area contributed by atoms with Gasteiger partial charge in [-0.3, -0.25) is 10.2 Å². The number of amidine groups is 1. The first-order chi connectivity index (χ1) is 11.2. The Hall–Kier alpha value is -2.15. The van der Waals surface area contributed by atoms with Gasteiger partial charge < -0.3 is 4.74 Å². The number of nitrogens with one attached hydrogen (secondary N) is 1. The minimum absolute atomic E-state index is 0.125. The Morgan fingerprint density at radius 3 is 2.96 bits per heavy atom. The van der Waals surface area contributed by atoms with E-state index in [1.54, 1.807) is 6.33 Å². The van der Waals surface area contributed by atoms with Crippen LogP contribution in [0.5, 0.6) is 0 Å². The van der Waals surface area contributed by atoms with Crippen LogP contribution < -0.4 is 5.32 Å². The maximum Gasteiger partial charge on any atom is 0.291 e. The fourth-order valence-electron chi connectivity index (χ4n) is 4.21. The van der Waals surface area contributed by atoms with Crippen molar-refractivity contribution in [3.8, 4) is 0 Å². The third-order valence-corrected chi connectivity index (χ3v) is 5.48. The SMILES string of the molecule is Cc1ccc2c(NC3=NC[C@@]4(CN5CCC4CC5)O3)ncnn12. The highest BCUT2D eigenvalue weighted by atomic mass is 16.5. The number of anilines is 1. The first kappa shape index (κ1) is 13.3. The maximum absolute atomic E-state index is 6.31. The first-order valence-corrected chi connectivity index (χ1v) is 8.26. The van der Waals surface area contributed by atoms with Gasteiger partial charge in [-0.25, -0.2) is 14.5 Å². The molecule has 1 atom stereocenters. The molecule has 3 saturated heterocycles. The van der Waals surface area contributed by atoms with Crippen molar-refractivity contribution in [2.24, 2.45) is 10.9 Å². The zero-order chi connectivity index (χ0) is 15.4. The number of aryl methyl sites for hydroxylation is 1. The van der Waals surface area contributed by atoms with Crippen molar-refractivity contribution >= 4 is 17.4 Å². The van der Waals surface area contributed by atoms with E-state index in [1.165, 1.54) is 25.9 Å². The van der Waals surface area contributed by atoms with Gasteiger partial charge in [-0.05, 0) is 45.0 Å². The van der Waals surface area contributed by atoms with Crippen LogP contribution in [-0.2, 0) is 4.74 Å². The predicted octanol–water partition coefficient (Wildman–Crippen LogP) is 1.30. The number of piperidine rings is 3. The highest BCUT2D eigenvalue weighted by molar-refractivity contribution is 5.93. The zero-order valence-corrected chi connectivity index (χ0v) is 13.2. The first-order valence-electron chi connectivity index (χ1n) is 8.26.